The van der Waals surface area contributed by atoms with E-state index in [1.165, 1.54) is 22.4 Å². The molecule has 11 heteroatoms. The third-order valence-electron chi connectivity index (χ3n) is 10.0. The summed E-state index contributed by atoms with van der Waals surface area (Å²) in [5, 5.41) is 22.6. The van der Waals surface area contributed by atoms with Crippen LogP contribution in [0.5, 0.6) is 5.88 Å². The maximum atomic E-state index is 13.4. The number of carbonyl (C=O) groups excluding carboxylic acids is 1. The van der Waals surface area contributed by atoms with Crippen LogP contribution in [0.15, 0.2) is 49.1 Å². The number of fused-ring (bicyclic) bond motifs is 2. The number of piperazine rings is 1. The lowest BCUT2D eigenvalue weighted by Crippen LogP contribution is -2.55. The minimum atomic E-state index is -0.745. The number of carbonyl (C=O) groups is 1. The highest BCUT2D eigenvalue weighted by Crippen LogP contribution is 2.40. The summed E-state index contributed by atoms with van der Waals surface area (Å²) in [4.78, 5) is 25.7. The molecular weight excluding hydrogens is 612 g/mol. The minimum Gasteiger partial charge on any atom is -0.473 e. The molecular formula is C37H41F2N7O2. The predicted octanol–water partition coefficient (Wildman–Crippen LogP) is 5.25. The Bertz CT molecular complexity index is 1750. The van der Waals surface area contributed by atoms with E-state index in [0.29, 0.717) is 64.1 Å². The molecule has 0 unspecified atom stereocenters. The number of hydrogen-bond acceptors (Lipinski definition) is 8. The SMILES string of the molecule is C=CC(=O)N1CCN(c2c(C#N)c(OC3CCN(C(CF)CF)CC3)nc3c2CCN(c2cccc4cccc(C)c24)C3)C[C@@H]1CC#N. The van der Waals surface area contributed by atoms with Crippen LogP contribution in [0.2, 0.25) is 0 Å². The lowest BCUT2D eigenvalue weighted by Gasteiger charge is -2.43. The van der Waals surface area contributed by atoms with Gasteiger partial charge in [0, 0.05) is 55.9 Å². The van der Waals surface area contributed by atoms with Crippen LogP contribution in [0.25, 0.3) is 10.8 Å². The number of rotatable bonds is 9. The first-order chi connectivity index (χ1) is 23.4. The standard InChI is InChI=1S/C37H41F2N7O2/c1-3-34(47)46-19-18-45(23-27(46)10-14-40)36-30-13-17-44(33-9-5-8-26-7-4-6-25(2)35(26)33)24-32(30)42-37(31(36)22-41)48-29-11-15-43(16-12-29)28(20-38)21-39/h3-9,27-29H,1,10-13,15-21,23-24H2,2H3/t27-/m0/s1. The molecule has 0 N–H and O–H groups in total. The number of nitrogens with zero attached hydrogens (tertiary/aromatic N) is 7. The number of halogens is 2. The van der Waals surface area contributed by atoms with Crippen molar-refractivity contribution in [2.24, 2.45) is 0 Å². The van der Waals surface area contributed by atoms with Crippen molar-refractivity contribution in [1.29, 1.82) is 10.5 Å². The highest BCUT2D eigenvalue weighted by Gasteiger charge is 2.36. The van der Waals surface area contributed by atoms with Crippen molar-refractivity contribution in [2.75, 3.05) is 62.4 Å². The Hall–Kier alpha value is -4.74. The number of piperidine rings is 1. The average molecular weight is 654 g/mol. The van der Waals surface area contributed by atoms with E-state index in [4.69, 9.17) is 9.72 Å². The monoisotopic (exact) mass is 653 g/mol. The molecule has 250 valence electrons. The van der Waals surface area contributed by atoms with Crippen LogP contribution in [0, 0.1) is 29.6 Å². The summed E-state index contributed by atoms with van der Waals surface area (Å²) >= 11 is 0. The first-order valence-electron chi connectivity index (χ1n) is 16.7. The summed E-state index contributed by atoms with van der Waals surface area (Å²) in [6, 6.07) is 16.1. The van der Waals surface area contributed by atoms with Gasteiger partial charge in [-0.2, -0.15) is 10.5 Å². The van der Waals surface area contributed by atoms with Crippen LogP contribution in [0.3, 0.4) is 0 Å². The van der Waals surface area contributed by atoms with Crippen molar-refractivity contribution in [3.8, 4) is 18.0 Å². The van der Waals surface area contributed by atoms with E-state index < -0.39 is 19.4 Å². The third-order valence-corrected chi connectivity index (χ3v) is 10.0. The molecule has 3 aliphatic heterocycles. The van der Waals surface area contributed by atoms with Gasteiger partial charge < -0.3 is 19.4 Å². The zero-order valence-electron chi connectivity index (χ0n) is 27.4. The highest BCUT2D eigenvalue weighted by molar-refractivity contribution is 5.97. The molecule has 0 aliphatic carbocycles. The molecule has 0 saturated carbocycles. The number of benzene rings is 2. The Kier molecular flexibility index (Phi) is 10.1. The fourth-order valence-corrected chi connectivity index (χ4v) is 7.54. The zero-order chi connectivity index (χ0) is 33.8. The second kappa shape index (κ2) is 14.6. The van der Waals surface area contributed by atoms with Gasteiger partial charge in [-0.1, -0.05) is 36.9 Å². The summed E-state index contributed by atoms with van der Waals surface area (Å²) < 4.78 is 33.3. The summed E-state index contributed by atoms with van der Waals surface area (Å²) in [7, 11) is 0. The molecule has 2 aromatic carbocycles. The number of ether oxygens (including phenoxy) is 1. The van der Waals surface area contributed by atoms with Gasteiger partial charge >= 0.3 is 0 Å². The zero-order valence-corrected chi connectivity index (χ0v) is 27.4. The fraction of sp³-hybridized carbons (Fsp3) is 0.459. The highest BCUT2D eigenvalue weighted by atomic mass is 19.1. The van der Waals surface area contributed by atoms with Crippen molar-refractivity contribution >= 4 is 28.1 Å². The maximum Gasteiger partial charge on any atom is 0.246 e. The summed E-state index contributed by atoms with van der Waals surface area (Å²) in [6.45, 7) is 7.76. The van der Waals surface area contributed by atoms with Gasteiger partial charge in [0.1, 0.15) is 31.1 Å². The summed E-state index contributed by atoms with van der Waals surface area (Å²) in [5.74, 6) is 0.0425. The number of amides is 1. The van der Waals surface area contributed by atoms with Crippen molar-refractivity contribution in [1.82, 2.24) is 14.8 Å². The Morgan fingerprint density at radius 3 is 2.52 bits per heavy atom. The largest absolute Gasteiger partial charge is 0.473 e. The first-order valence-corrected chi connectivity index (χ1v) is 16.7. The summed E-state index contributed by atoms with van der Waals surface area (Å²) in [5.41, 5.74) is 5.22. The molecule has 3 aliphatic rings. The number of likely N-dealkylation sites (tertiary alicyclic amines) is 1. The van der Waals surface area contributed by atoms with Crippen LogP contribution in [0.1, 0.15) is 41.6 Å². The number of alkyl halides is 2. The van der Waals surface area contributed by atoms with Gasteiger partial charge in [0.05, 0.1) is 42.5 Å². The molecule has 1 atom stereocenters. The molecule has 2 saturated heterocycles. The number of anilines is 2. The second-order valence-corrected chi connectivity index (χ2v) is 12.8. The van der Waals surface area contributed by atoms with Crippen molar-refractivity contribution in [3.05, 3.63) is 71.4 Å². The van der Waals surface area contributed by atoms with Gasteiger partial charge in [0.2, 0.25) is 11.8 Å². The van der Waals surface area contributed by atoms with Gasteiger partial charge in [0.25, 0.3) is 0 Å². The number of aromatic nitrogens is 1. The molecule has 2 fully saturated rings. The molecule has 0 bridgehead atoms. The minimum absolute atomic E-state index is 0.153. The Morgan fingerprint density at radius 2 is 1.83 bits per heavy atom. The van der Waals surface area contributed by atoms with Gasteiger partial charge in [0.15, 0.2) is 0 Å². The topological polar surface area (TPSA) is 99.7 Å². The fourth-order valence-electron chi connectivity index (χ4n) is 7.54. The number of hydrogen-bond donors (Lipinski definition) is 0. The molecule has 1 amide bonds. The van der Waals surface area contributed by atoms with Gasteiger partial charge in [-0.3, -0.25) is 9.69 Å². The Balaban J connectivity index is 1.38. The van der Waals surface area contributed by atoms with Crippen molar-refractivity contribution in [3.63, 3.8) is 0 Å². The Labute approximate surface area is 280 Å². The van der Waals surface area contributed by atoms with Crippen LogP contribution in [-0.4, -0.2) is 91.5 Å². The lowest BCUT2D eigenvalue weighted by atomic mass is 9.95. The quantitative estimate of drug-likeness (QED) is 0.289. The predicted molar refractivity (Wildman–Crippen MR) is 181 cm³/mol. The first kappa shape index (κ1) is 33.2. The van der Waals surface area contributed by atoms with Gasteiger partial charge in [-0.05, 0) is 49.3 Å². The van der Waals surface area contributed by atoms with E-state index in [-0.39, 0.29) is 30.4 Å². The molecule has 4 heterocycles. The lowest BCUT2D eigenvalue weighted by molar-refractivity contribution is -0.128. The van der Waals surface area contributed by atoms with Crippen LogP contribution < -0.4 is 14.5 Å². The van der Waals surface area contributed by atoms with E-state index >= 15 is 0 Å². The van der Waals surface area contributed by atoms with Crippen LogP contribution in [0.4, 0.5) is 20.2 Å². The van der Waals surface area contributed by atoms with Gasteiger partial charge in [-0.15, -0.1) is 0 Å². The Morgan fingerprint density at radius 1 is 1.08 bits per heavy atom. The summed E-state index contributed by atoms with van der Waals surface area (Å²) in [6.07, 6.45) is 2.93. The van der Waals surface area contributed by atoms with Crippen LogP contribution in [-0.2, 0) is 17.8 Å². The number of nitriles is 2. The van der Waals surface area contributed by atoms with Crippen molar-refractivity contribution in [2.45, 2.75) is 57.3 Å². The smallest absolute Gasteiger partial charge is 0.246 e. The molecule has 1 aromatic heterocycles. The molecule has 6 rings (SSSR count). The second-order valence-electron chi connectivity index (χ2n) is 12.8. The van der Waals surface area contributed by atoms with E-state index in [0.717, 1.165) is 29.2 Å². The molecule has 9 nitrogen and oxygen atoms in total. The molecule has 3 aromatic rings. The average Bonchev–Trinajstić information content (AvgIpc) is 3.11. The molecule has 0 spiro atoms. The van der Waals surface area contributed by atoms with E-state index in [1.54, 1.807) is 4.90 Å². The normalized spacial score (nSPS) is 18.8. The van der Waals surface area contributed by atoms with Gasteiger partial charge in [-0.25, -0.2) is 13.8 Å². The third kappa shape index (κ3) is 6.40. The van der Waals surface area contributed by atoms with E-state index in [2.05, 4.69) is 71.8 Å². The van der Waals surface area contributed by atoms with Crippen molar-refractivity contribution < 1.29 is 18.3 Å². The van der Waals surface area contributed by atoms with E-state index in [9.17, 15) is 24.1 Å². The maximum absolute atomic E-state index is 13.4. The number of pyridine rings is 1. The number of aryl methyl sites for hydroxylation is 1. The van der Waals surface area contributed by atoms with Crippen LogP contribution >= 0.6 is 0 Å². The van der Waals surface area contributed by atoms with E-state index in [1.807, 2.05) is 4.90 Å². The molecule has 48 heavy (non-hydrogen) atoms. The molecule has 0 radical (unpaired) electrons.